The Morgan fingerprint density at radius 3 is 2.17 bits per heavy atom. The Hall–Kier alpha value is -1.55. The van der Waals surface area contributed by atoms with E-state index in [0.717, 1.165) is 0 Å². The minimum Gasteiger partial charge on any atom is -0.480 e. The fourth-order valence-corrected chi connectivity index (χ4v) is 1.02. The zero-order valence-electron chi connectivity index (χ0n) is 9.15. The van der Waals surface area contributed by atoms with Crippen molar-refractivity contribution in [1.29, 1.82) is 0 Å². The van der Waals surface area contributed by atoms with Crippen LogP contribution in [0.15, 0.2) is 0 Å². The van der Waals surface area contributed by atoms with Gasteiger partial charge >= 0.3 is 18.2 Å². The molecule has 0 spiro atoms. The van der Waals surface area contributed by atoms with Gasteiger partial charge in [0.25, 0.3) is 0 Å². The maximum atomic E-state index is 12.1. The maximum absolute atomic E-state index is 12.1. The monoisotopic (exact) mass is 274 g/mol. The molecule has 0 aromatic heterocycles. The average Bonchev–Trinajstić information content (AvgIpc) is 2.22. The van der Waals surface area contributed by atoms with E-state index in [9.17, 15) is 22.8 Å². The lowest BCUT2D eigenvalue weighted by atomic mass is 10.3. The third-order valence-corrected chi connectivity index (χ3v) is 1.81. The van der Waals surface area contributed by atoms with Gasteiger partial charge < -0.3 is 25.5 Å². The highest BCUT2D eigenvalue weighted by Crippen LogP contribution is 2.16. The normalized spacial score (nSPS) is 12.9. The van der Waals surface area contributed by atoms with Gasteiger partial charge in [-0.1, -0.05) is 0 Å². The number of carboxylic acids is 1. The van der Waals surface area contributed by atoms with Gasteiger partial charge in [-0.15, -0.1) is 0 Å². The van der Waals surface area contributed by atoms with Crippen molar-refractivity contribution in [2.45, 2.75) is 12.2 Å². The largest absolute Gasteiger partial charge is 0.480 e. The van der Waals surface area contributed by atoms with Crippen molar-refractivity contribution in [1.82, 2.24) is 10.2 Å². The summed E-state index contributed by atoms with van der Waals surface area (Å²) in [6, 6.07) is -3.03. The van der Waals surface area contributed by atoms with Gasteiger partial charge in [0.05, 0.1) is 13.2 Å². The van der Waals surface area contributed by atoms with Crippen LogP contribution in [0.2, 0.25) is 0 Å². The van der Waals surface area contributed by atoms with E-state index >= 15 is 0 Å². The summed E-state index contributed by atoms with van der Waals surface area (Å²) in [6.07, 6.45) is -4.68. The minimum absolute atomic E-state index is 0.200. The molecular weight excluding hydrogens is 261 g/mol. The van der Waals surface area contributed by atoms with Gasteiger partial charge in [0.1, 0.15) is 6.54 Å². The molecule has 0 heterocycles. The van der Waals surface area contributed by atoms with E-state index in [1.165, 1.54) is 0 Å². The second-order valence-corrected chi connectivity index (χ2v) is 3.28. The molecule has 2 amide bonds. The molecule has 0 rings (SSSR count). The minimum atomic E-state index is -4.68. The fraction of sp³-hybridized carbons (Fsp3) is 0.750. The Balaban J connectivity index is 4.61. The average molecular weight is 274 g/mol. The molecule has 4 N–H and O–H groups in total. The quantitative estimate of drug-likeness (QED) is 0.496. The molecule has 0 bridgehead atoms. The fourth-order valence-electron chi connectivity index (χ4n) is 1.02. The van der Waals surface area contributed by atoms with Crippen LogP contribution in [0.3, 0.4) is 0 Å². The van der Waals surface area contributed by atoms with Crippen LogP contribution in [0, 0.1) is 0 Å². The molecule has 0 aliphatic heterocycles. The highest BCUT2D eigenvalue weighted by Gasteiger charge is 2.33. The number of carbonyl (C=O) groups is 2. The van der Waals surface area contributed by atoms with Crippen LogP contribution < -0.4 is 5.32 Å². The number of carbonyl (C=O) groups excluding carboxylic acids is 1. The number of aliphatic carboxylic acids is 1. The molecule has 1 atom stereocenters. The summed E-state index contributed by atoms with van der Waals surface area (Å²) in [5.41, 5.74) is 0. The summed E-state index contributed by atoms with van der Waals surface area (Å²) in [7, 11) is 0. The Bertz CT molecular complexity index is 297. The lowest BCUT2D eigenvalue weighted by Gasteiger charge is -2.24. The number of carboxylic acid groups (broad SMARTS) is 1. The standard InChI is InChI=1S/C8H13F3N2O5/c9-8(10,11)4-13(1-2-14)7(18)12-5(3-15)6(16)17/h5,14-15H,1-4H2,(H,12,18)(H,16,17)/t5-/m1/s1. The van der Waals surface area contributed by atoms with Crippen molar-refractivity contribution in [3.8, 4) is 0 Å². The first kappa shape index (κ1) is 16.4. The molecule has 0 radical (unpaired) electrons. The first-order valence-corrected chi connectivity index (χ1v) is 4.78. The smallest absolute Gasteiger partial charge is 0.406 e. The molecule has 0 saturated heterocycles. The van der Waals surface area contributed by atoms with Gasteiger partial charge in [-0.05, 0) is 0 Å². The Kier molecular flexibility index (Phi) is 6.41. The summed E-state index contributed by atoms with van der Waals surface area (Å²) in [6.45, 7) is -3.90. The number of hydrogen-bond donors (Lipinski definition) is 4. The molecule has 0 aromatic carbocycles. The molecule has 106 valence electrons. The summed E-state index contributed by atoms with van der Waals surface area (Å²) in [5.74, 6) is -1.58. The second-order valence-electron chi connectivity index (χ2n) is 3.28. The summed E-state index contributed by atoms with van der Waals surface area (Å²) >= 11 is 0. The topological polar surface area (TPSA) is 110 Å². The van der Waals surface area contributed by atoms with Gasteiger partial charge in [-0.25, -0.2) is 9.59 Å². The second kappa shape index (κ2) is 7.01. The zero-order chi connectivity index (χ0) is 14.3. The Morgan fingerprint density at radius 2 is 1.83 bits per heavy atom. The molecular formula is C8H13F3N2O5. The number of alkyl halides is 3. The van der Waals surface area contributed by atoms with Gasteiger partial charge in [-0.2, -0.15) is 13.2 Å². The van der Waals surface area contributed by atoms with Crippen LogP contribution in [0.5, 0.6) is 0 Å². The van der Waals surface area contributed by atoms with E-state index in [-0.39, 0.29) is 4.90 Å². The zero-order valence-corrected chi connectivity index (χ0v) is 9.15. The Labute approximate surface area is 99.8 Å². The number of hydrogen-bond acceptors (Lipinski definition) is 4. The highest BCUT2D eigenvalue weighted by molar-refractivity contribution is 5.82. The highest BCUT2D eigenvalue weighted by atomic mass is 19.4. The first-order chi connectivity index (χ1) is 8.21. The van der Waals surface area contributed by atoms with E-state index < -0.39 is 50.5 Å². The van der Waals surface area contributed by atoms with E-state index in [1.54, 1.807) is 5.32 Å². The number of urea groups is 1. The summed E-state index contributed by atoms with van der Waals surface area (Å²) in [5, 5.41) is 27.3. The number of nitrogens with zero attached hydrogens (tertiary/aromatic N) is 1. The molecule has 0 aliphatic carbocycles. The van der Waals surface area contributed by atoms with Gasteiger partial charge in [0.2, 0.25) is 0 Å². The van der Waals surface area contributed by atoms with E-state index in [4.69, 9.17) is 15.3 Å². The molecule has 0 unspecified atom stereocenters. The Morgan fingerprint density at radius 1 is 1.28 bits per heavy atom. The summed E-state index contributed by atoms with van der Waals surface area (Å²) in [4.78, 5) is 22.0. The molecule has 10 heteroatoms. The lowest BCUT2D eigenvalue weighted by molar-refractivity contribution is -0.141. The number of rotatable bonds is 6. The van der Waals surface area contributed by atoms with Crippen LogP contribution in [0.25, 0.3) is 0 Å². The third-order valence-electron chi connectivity index (χ3n) is 1.81. The predicted octanol–water partition coefficient (Wildman–Crippen LogP) is -1.00. The third kappa shape index (κ3) is 6.25. The van der Waals surface area contributed by atoms with Gasteiger partial charge in [0.15, 0.2) is 6.04 Å². The molecule has 0 saturated carbocycles. The van der Waals surface area contributed by atoms with Crippen molar-refractivity contribution in [3.05, 3.63) is 0 Å². The van der Waals surface area contributed by atoms with E-state index in [0.29, 0.717) is 0 Å². The maximum Gasteiger partial charge on any atom is 0.406 e. The van der Waals surface area contributed by atoms with Crippen molar-refractivity contribution in [3.63, 3.8) is 0 Å². The van der Waals surface area contributed by atoms with Crippen molar-refractivity contribution in [2.24, 2.45) is 0 Å². The number of nitrogens with one attached hydrogen (secondary N) is 1. The van der Waals surface area contributed by atoms with Crippen molar-refractivity contribution in [2.75, 3.05) is 26.3 Å². The predicted molar refractivity (Wildman–Crippen MR) is 51.8 cm³/mol. The van der Waals surface area contributed by atoms with Crippen molar-refractivity contribution >= 4 is 12.0 Å². The molecule has 0 fully saturated rings. The van der Waals surface area contributed by atoms with Crippen LogP contribution in [-0.2, 0) is 4.79 Å². The molecule has 18 heavy (non-hydrogen) atoms. The van der Waals surface area contributed by atoms with E-state index in [1.807, 2.05) is 0 Å². The first-order valence-electron chi connectivity index (χ1n) is 4.78. The van der Waals surface area contributed by atoms with E-state index in [2.05, 4.69) is 0 Å². The van der Waals surface area contributed by atoms with Crippen LogP contribution in [-0.4, -0.2) is 70.7 Å². The van der Waals surface area contributed by atoms with Crippen LogP contribution in [0.4, 0.5) is 18.0 Å². The van der Waals surface area contributed by atoms with Crippen LogP contribution in [0.1, 0.15) is 0 Å². The summed E-state index contributed by atoms with van der Waals surface area (Å²) < 4.78 is 36.3. The van der Waals surface area contributed by atoms with Crippen LogP contribution >= 0.6 is 0 Å². The van der Waals surface area contributed by atoms with Gasteiger partial charge in [0, 0.05) is 6.54 Å². The molecule has 0 aliphatic rings. The van der Waals surface area contributed by atoms with Gasteiger partial charge in [-0.3, -0.25) is 0 Å². The molecule has 7 nitrogen and oxygen atoms in total. The molecule has 0 aromatic rings. The number of amides is 2. The number of aliphatic hydroxyl groups is 2. The van der Waals surface area contributed by atoms with Crippen molar-refractivity contribution < 1.29 is 38.1 Å². The SMILES string of the molecule is O=C(O)[C@@H](CO)NC(=O)N(CCO)CC(F)(F)F. The number of halogens is 3. The number of aliphatic hydroxyl groups excluding tert-OH is 2. The lowest BCUT2D eigenvalue weighted by Crippen LogP contribution is -2.52.